The normalized spacial score (nSPS) is 15.3. The van der Waals surface area contributed by atoms with Gasteiger partial charge in [0.2, 0.25) is 16.3 Å². The first kappa shape index (κ1) is 58.0. The zero-order valence-electron chi connectivity index (χ0n) is 40.0. The second-order valence-electron chi connectivity index (χ2n) is 18.3. The maximum atomic E-state index is 12.5. The van der Waals surface area contributed by atoms with Gasteiger partial charge >= 0.3 is 0 Å². The van der Waals surface area contributed by atoms with Gasteiger partial charge in [0.25, 0.3) is 0 Å². The van der Waals surface area contributed by atoms with Crippen LogP contribution in [-0.4, -0.2) is 69.5 Å². The van der Waals surface area contributed by atoms with Gasteiger partial charge in [0.1, 0.15) is 13.1 Å². The Balaban J connectivity index is 0.00000518. The molecule has 59 heavy (non-hydrogen) atoms. The Morgan fingerprint density at radius 1 is 0.559 bits per heavy atom. The molecule has 0 radical (unpaired) electrons. The first-order valence-electron chi connectivity index (χ1n) is 25.8. The molecule has 0 aromatic rings. The molecule has 1 heterocycles. The van der Waals surface area contributed by atoms with Crippen LogP contribution in [-0.2, 0) is 19.4 Å². The highest BCUT2D eigenvalue weighted by atomic mass is 32.3. The molecule has 0 spiro atoms. The van der Waals surface area contributed by atoms with Gasteiger partial charge in [-0.15, -0.1) is 0 Å². The van der Waals surface area contributed by atoms with Crippen molar-refractivity contribution in [3.63, 3.8) is 0 Å². The molecule has 1 aliphatic rings. The molecular formula is C50H101N3O5S. The van der Waals surface area contributed by atoms with Gasteiger partial charge in [0.15, 0.2) is 5.84 Å². The van der Waals surface area contributed by atoms with Crippen LogP contribution < -0.4 is 5.32 Å². The number of rotatable bonds is 44. The molecule has 1 amide bonds. The fourth-order valence-electron chi connectivity index (χ4n) is 8.55. The van der Waals surface area contributed by atoms with Crippen molar-refractivity contribution < 1.29 is 26.4 Å². The van der Waals surface area contributed by atoms with Crippen molar-refractivity contribution in [3.05, 3.63) is 0 Å². The van der Waals surface area contributed by atoms with Crippen LogP contribution in [0.2, 0.25) is 0 Å². The van der Waals surface area contributed by atoms with Crippen LogP contribution in [0.15, 0.2) is 4.99 Å². The van der Waals surface area contributed by atoms with E-state index in [1.807, 2.05) is 0 Å². The number of aliphatic imine (C=N–C) groups is 1. The Morgan fingerprint density at radius 2 is 0.847 bits per heavy atom. The molecule has 0 saturated heterocycles. The maximum absolute atomic E-state index is 12.5. The van der Waals surface area contributed by atoms with Crippen molar-refractivity contribution in [1.29, 1.82) is 0 Å². The Labute approximate surface area is 368 Å². The third kappa shape index (κ3) is 42.1. The Kier molecular flexibility index (Phi) is 42.9. The summed E-state index contributed by atoms with van der Waals surface area (Å²) in [6.07, 6.45) is 55.3. The molecule has 1 unspecified atom stereocenters. The van der Waals surface area contributed by atoms with Crippen LogP contribution in [0.4, 0.5) is 0 Å². The van der Waals surface area contributed by atoms with Gasteiger partial charge in [0.05, 0.1) is 27.2 Å². The van der Waals surface area contributed by atoms with Crippen molar-refractivity contribution in [2.24, 2.45) is 4.99 Å². The molecule has 1 atom stereocenters. The number of likely N-dealkylation sites (N-methyl/N-ethyl adjacent to an activating group) is 1. The molecule has 352 valence electrons. The van der Waals surface area contributed by atoms with E-state index in [2.05, 4.69) is 30.4 Å². The number of quaternary nitrogens is 1. The number of nitrogens with zero attached hydrogens (tertiary/aromatic N) is 2. The van der Waals surface area contributed by atoms with E-state index in [1.54, 1.807) is 0 Å². The molecule has 1 N–H and O–H groups in total. The Hall–Kier alpha value is -1.03. The average Bonchev–Trinajstić information content (AvgIpc) is 3.58. The fourth-order valence-corrected chi connectivity index (χ4v) is 8.55. The smallest absolute Gasteiger partial charge is 0.220 e. The van der Waals surface area contributed by atoms with Gasteiger partial charge in [-0.05, 0) is 12.8 Å². The van der Waals surface area contributed by atoms with Gasteiger partial charge in [-0.3, -0.25) is 13.5 Å². The second-order valence-corrected chi connectivity index (χ2v) is 19.4. The summed E-state index contributed by atoms with van der Waals surface area (Å²) in [7, 11) is -1.27. The summed E-state index contributed by atoms with van der Waals surface area (Å²) in [5, 5.41) is 3.23. The molecule has 9 heteroatoms. The second kappa shape index (κ2) is 43.6. The third-order valence-electron chi connectivity index (χ3n) is 12.7. The molecule has 1 rings (SSSR count). The summed E-state index contributed by atoms with van der Waals surface area (Å²) in [6.45, 7) is 8.43. The molecule has 0 aromatic carbocycles. The molecule has 0 aliphatic carbocycles. The third-order valence-corrected chi connectivity index (χ3v) is 13.1. The van der Waals surface area contributed by atoms with Crippen LogP contribution in [0, 0.1) is 0 Å². The quantitative estimate of drug-likeness (QED) is 0.0284. The highest BCUT2D eigenvalue weighted by Crippen LogP contribution is 2.19. The largest absolute Gasteiger partial charge is 0.726 e. The van der Waals surface area contributed by atoms with Gasteiger partial charge < -0.3 is 9.87 Å². The standard InChI is InChI=1S/C49H97N3O.CH4O4S/c1-4-6-8-10-12-14-16-18-20-22-24-26-28-30-32-34-36-38-40-42-48-50-44-46-52(48,3)47-45-51-49(53)43-41-39-37-35-33-31-29-27-25-23-21-19-17-15-13-11-9-7-5-2;1-5-6(2,3)4/h4-47H2,1-3H3;1H3,(H,2,3,4). The van der Waals surface area contributed by atoms with E-state index in [0.717, 1.165) is 50.6 Å². The summed E-state index contributed by atoms with van der Waals surface area (Å²) >= 11 is 0. The number of hydrogen-bond donors (Lipinski definition) is 1. The van der Waals surface area contributed by atoms with Crippen molar-refractivity contribution in [2.75, 3.05) is 40.3 Å². The SMILES string of the molecule is CCCCCCCCCCCCCCCCCCCCCC(=O)NCC[N+]1(C)CCN=C1CCCCCCCCCCCCCCCCCCCCC.COS(=O)(=O)[O-]. The van der Waals surface area contributed by atoms with Crippen molar-refractivity contribution in [2.45, 2.75) is 271 Å². The maximum Gasteiger partial charge on any atom is 0.220 e. The Bertz CT molecular complexity index is 1040. The molecule has 0 aromatic heterocycles. The monoisotopic (exact) mass is 856 g/mol. The minimum absolute atomic E-state index is 0.250. The first-order valence-corrected chi connectivity index (χ1v) is 27.2. The molecular weight excluding hydrogens is 755 g/mol. The zero-order chi connectivity index (χ0) is 43.4. The van der Waals surface area contributed by atoms with Crippen molar-refractivity contribution in [1.82, 2.24) is 5.32 Å². The van der Waals surface area contributed by atoms with E-state index in [-0.39, 0.29) is 5.91 Å². The number of amides is 1. The van der Waals surface area contributed by atoms with E-state index >= 15 is 0 Å². The van der Waals surface area contributed by atoms with Crippen molar-refractivity contribution in [3.8, 4) is 0 Å². The summed E-state index contributed by atoms with van der Waals surface area (Å²) in [5.41, 5.74) is 0. The number of carbonyl (C=O) groups excluding carboxylic acids is 1. The minimum atomic E-state index is -4.41. The number of amidine groups is 1. The van der Waals surface area contributed by atoms with E-state index in [1.165, 1.54) is 243 Å². The van der Waals surface area contributed by atoms with Gasteiger partial charge in [-0.2, -0.15) is 0 Å². The van der Waals surface area contributed by atoms with E-state index in [9.17, 15) is 17.8 Å². The fraction of sp³-hybridized carbons (Fsp3) is 0.960. The molecule has 8 nitrogen and oxygen atoms in total. The first-order chi connectivity index (χ1) is 28.7. The van der Waals surface area contributed by atoms with Crippen LogP contribution in [0.1, 0.15) is 271 Å². The molecule has 0 fully saturated rings. The van der Waals surface area contributed by atoms with Crippen LogP contribution >= 0.6 is 0 Å². The van der Waals surface area contributed by atoms with E-state index in [4.69, 9.17) is 4.99 Å². The number of nitrogens with one attached hydrogen (secondary N) is 1. The molecule has 1 aliphatic heterocycles. The lowest BCUT2D eigenvalue weighted by Crippen LogP contribution is -2.51. The van der Waals surface area contributed by atoms with E-state index in [0.29, 0.717) is 6.42 Å². The summed E-state index contributed by atoms with van der Waals surface area (Å²) in [5.74, 6) is 1.63. The topological polar surface area (TPSA) is 108 Å². The summed E-state index contributed by atoms with van der Waals surface area (Å²) < 4.78 is 32.0. The summed E-state index contributed by atoms with van der Waals surface area (Å²) in [6, 6.07) is 0. The van der Waals surface area contributed by atoms with Gasteiger partial charge in [0, 0.05) is 12.8 Å². The minimum Gasteiger partial charge on any atom is -0.726 e. The molecule has 0 bridgehead atoms. The van der Waals surface area contributed by atoms with Crippen molar-refractivity contribution >= 4 is 22.1 Å². The highest BCUT2D eigenvalue weighted by Gasteiger charge is 2.32. The van der Waals surface area contributed by atoms with Gasteiger partial charge in [-0.25, -0.2) is 13.4 Å². The lowest BCUT2D eigenvalue weighted by Gasteiger charge is -2.30. The predicted octanol–water partition coefficient (Wildman–Crippen LogP) is 14.7. The Morgan fingerprint density at radius 3 is 1.15 bits per heavy atom. The van der Waals surface area contributed by atoms with Gasteiger partial charge in [-0.1, -0.05) is 245 Å². The zero-order valence-corrected chi connectivity index (χ0v) is 40.8. The molecule has 0 saturated carbocycles. The van der Waals surface area contributed by atoms with Crippen LogP contribution in [0.5, 0.6) is 0 Å². The highest BCUT2D eigenvalue weighted by molar-refractivity contribution is 7.80. The number of unbranched alkanes of at least 4 members (excludes halogenated alkanes) is 36. The predicted molar refractivity (Wildman–Crippen MR) is 254 cm³/mol. The van der Waals surface area contributed by atoms with Crippen LogP contribution in [0.25, 0.3) is 0 Å². The number of carbonyl (C=O) groups is 1. The van der Waals surface area contributed by atoms with E-state index < -0.39 is 10.4 Å². The number of hydrogen-bond acceptors (Lipinski definition) is 6. The van der Waals surface area contributed by atoms with Crippen LogP contribution in [0.3, 0.4) is 0 Å². The summed E-state index contributed by atoms with van der Waals surface area (Å²) in [4.78, 5) is 17.4. The lowest BCUT2D eigenvalue weighted by atomic mass is 10.0. The lowest BCUT2D eigenvalue weighted by molar-refractivity contribution is -0.814. The average molecular weight is 856 g/mol.